The molecule has 1 fully saturated rings. The summed E-state index contributed by atoms with van der Waals surface area (Å²) in [6.07, 6.45) is -0.432. The third-order valence-corrected chi connectivity index (χ3v) is 5.37. The van der Waals surface area contributed by atoms with E-state index in [0.29, 0.717) is 0 Å². The zero-order valence-electron chi connectivity index (χ0n) is 13.5. The fourth-order valence-corrected chi connectivity index (χ4v) is 4.25. The molecule has 7 heteroatoms. The maximum Gasteiger partial charge on any atom is 0.334 e. The second kappa shape index (κ2) is 5.15. The molecular weight excluding hydrogens is 338 g/mol. The average Bonchev–Trinajstić information content (AvgIpc) is 3.05. The maximum absolute atomic E-state index is 13.1. The first-order valence-electron chi connectivity index (χ1n) is 8.03. The zero-order chi connectivity index (χ0) is 18.7. The highest BCUT2D eigenvalue weighted by molar-refractivity contribution is 6.05. The molecule has 0 unspecified atom stereocenters. The van der Waals surface area contributed by atoms with Gasteiger partial charge < -0.3 is 15.3 Å². The molecule has 4 rings (SSSR count). The van der Waals surface area contributed by atoms with Gasteiger partial charge in [-0.15, -0.1) is 0 Å². The summed E-state index contributed by atoms with van der Waals surface area (Å²) in [4.78, 5) is 38.2. The van der Waals surface area contributed by atoms with Crippen molar-refractivity contribution in [3.63, 3.8) is 0 Å². The number of carboxylic acid groups (broad SMARTS) is 2. The molecule has 2 aliphatic heterocycles. The lowest BCUT2D eigenvalue weighted by molar-refractivity contribution is -0.169. The molecule has 0 aliphatic carbocycles. The SMILES string of the molecule is O=C(O)[C@H]1C[C@@](C(=O)O)(c2ccccc2)N2C(=O)c3ccccc3[C@]12O. The Morgan fingerprint density at radius 2 is 1.62 bits per heavy atom. The van der Waals surface area contributed by atoms with Gasteiger partial charge in [-0.1, -0.05) is 48.5 Å². The molecule has 1 saturated heterocycles. The van der Waals surface area contributed by atoms with Gasteiger partial charge in [0.05, 0.1) is 0 Å². The first-order valence-corrected chi connectivity index (χ1v) is 8.03. The average molecular weight is 353 g/mol. The van der Waals surface area contributed by atoms with Crippen molar-refractivity contribution in [2.75, 3.05) is 0 Å². The monoisotopic (exact) mass is 353 g/mol. The number of hydrogen-bond acceptors (Lipinski definition) is 4. The molecule has 0 bridgehead atoms. The number of carboxylic acids is 2. The molecule has 0 aromatic heterocycles. The number of benzene rings is 2. The van der Waals surface area contributed by atoms with Crippen molar-refractivity contribution in [1.82, 2.24) is 4.90 Å². The number of carbonyl (C=O) groups is 3. The Kier molecular flexibility index (Phi) is 3.23. The van der Waals surface area contributed by atoms with Crippen molar-refractivity contribution in [2.24, 2.45) is 5.92 Å². The molecule has 2 aromatic rings. The number of nitrogens with zero attached hydrogens (tertiary/aromatic N) is 1. The summed E-state index contributed by atoms with van der Waals surface area (Å²) < 4.78 is 0. The van der Waals surface area contributed by atoms with E-state index in [1.807, 2.05) is 0 Å². The van der Waals surface area contributed by atoms with E-state index in [4.69, 9.17) is 0 Å². The van der Waals surface area contributed by atoms with E-state index in [2.05, 4.69) is 0 Å². The van der Waals surface area contributed by atoms with Crippen LogP contribution in [-0.2, 0) is 20.9 Å². The lowest BCUT2D eigenvalue weighted by atomic mass is 9.82. The lowest BCUT2D eigenvalue weighted by Crippen LogP contribution is -2.54. The summed E-state index contributed by atoms with van der Waals surface area (Å²) in [5, 5.41) is 31.2. The van der Waals surface area contributed by atoms with Crippen molar-refractivity contribution in [3.05, 3.63) is 71.3 Å². The van der Waals surface area contributed by atoms with Crippen LogP contribution in [0.1, 0.15) is 27.9 Å². The Morgan fingerprint density at radius 1 is 1.00 bits per heavy atom. The molecule has 26 heavy (non-hydrogen) atoms. The smallest absolute Gasteiger partial charge is 0.334 e. The van der Waals surface area contributed by atoms with Gasteiger partial charge in [0.25, 0.3) is 5.91 Å². The van der Waals surface area contributed by atoms with Crippen LogP contribution in [-0.4, -0.2) is 38.1 Å². The molecule has 2 aromatic carbocycles. The van der Waals surface area contributed by atoms with Gasteiger partial charge in [-0.05, 0) is 11.6 Å². The van der Waals surface area contributed by atoms with Gasteiger partial charge in [0.1, 0.15) is 5.92 Å². The molecule has 3 atom stereocenters. The summed E-state index contributed by atoms with van der Waals surface area (Å²) in [6.45, 7) is 0. The van der Waals surface area contributed by atoms with Crippen LogP contribution in [0.25, 0.3) is 0 Å². The van der Waals surface area contributed by atoms with Gasteiger partial charge in [0.15, 0.2) is 11.3 Å². The number of fused-ring (bicyclic) bond motifs is 3. The third kappa shape index (κ3) is 1.72. The molecule has 2 heterocycles. The van der Waals surface area contributed by atoms with Crippen molar-refractivity contribution in [3.8, 4) is 0 Å². The molecule has 3 N–H and O–H groups in total. The van der Waals surface area contributed by atoms with Gasteiger partial charge in [0.2, 0.25) is 0 Å². The quantitative estimate of drug-likeness (QED) is 0.768. The Hall–Kier alpha value is -3.19. The zero-order valence-corrected chi connectivity index (χ0v) is 13.5. The van der Waals surface area contributed by atoms with Crippen molar-refractivity contribution < 1.29 is 29.7 Å². The highest BCUT2D eigenvalue weighted by atomic mass is 16.4. The molecule has 132 valence electrons. The Bertz CT molecular complexity index is 942. The topological polar surface area (TPSA) is 115 Å². The lowest BCUT2D eigenvalue weighted by Gasteiger charge is -2.38. The predicted molar refractivity (Wildman–Crippen MR) is 88.0 cm³/mol. The first-order chi connectivity index (χ1) is 12.3. The van der Waals surface area contributed by atoms with Gasteiger partial charge in [-0.3, -0.25) is 14.5 Å². The van der Waals surface area contributed by atoms with Crippen LogP contribution in [0.5, 0.6) is 0 Å². The first kappa shape index (κ1) is 16.3. The van der Waals surface area contributed by atoms with Crippen LogP contribution in [0.15, 0.2) is 54.6 Å². The van der Waals surface area contributed by atoms with E-state index >= 15 is 0 Å². The molecule has 0 saturated carbocycles. The molecular formula is C19H15NO6. The van der Waals surface area contributed by atoms with E-state index in [0.717, 1.165) is 4.90 Å². The Labute approximate surface area is 148 Å². The van der Waals surface area contributed by atoms with Gasteiger partial charge >= 0.3 is 11.9 Å². The molecule has 1 amide bonds. The van der Waals surface area contributed by atoms with Crippen molar-refractivity contribution in [1.29, 1.82) is 0 Å². The predicted octanol–water partition coefficient (Wildman–Crippen LogP) is 1.37. The maximum atomic E-state index is 13.1. The largest absolute Gasteiger partial charge is 0.481 e. The summed E-state index contributed by atoms with van der Waals surface area (Å²) >= 11 is 0. The molecule has 0 radical (unpaired) electrons. The van der Waals surface area contributed by atoms with Gasteiger partial charge in [-0.2, -0.15) is 0 Å². The van der Waals surface area contributed by atoms with Crippen LogP contribution >= 0.6 is 0 Å². The minimum atomic E-state index is -2.23. The highest BCUT2D eigenvalue weighted by Crippen LogP contribution is 2.58. The van der Waals surface area contributed by atoms with E-state index in [-0.39, 0.29) is 16.7 Å². The van der Waals surface area contributed by atoms with Crippen molar-refractivity contribution in [2.45, 2.75) is 17.7 Å². The Balaban J connectivity index is 2.05. The van der Waals surface area contributed by atoms with Gasteiger partial charge in [0, 0.05) is 17.5 Å². The number of aliphatic hydroxyl groups is 1. The second-order valence-electron chi connectivity index (χ2n) is 6.54. The summed E-state index contributed by atoms with van der Waals surface area (Å²) in [6, 6.07) is 14.1. The van der Waals surface area contributed by atoms with Crippen LogP contribution in [0, 0.1) is 5.92 Å². The molecule has 0 spiro atoms. The van der Waals surface area contributed by atoms with Crippen molar-refractivity contribution >= 4 is 17.8 Å². The molecule has 2 aliphatic rings. The second-order valence-corrected chi connectivity index (χ2v) is 6.54. The standard InChI is InChI=1S/C19H15NO6/c21-15-12-8-4-5-9-13(12)19(26)14(16(22)23)10-18(17(24)25,20(15)19)11-6-2-1-3-7-11/h1-9,14,26H,10H2,(H,22,23)(H,24,25)/t14-,18+,19+/m1/s1. The number of carbonyl (C=O) groups excluding carboxylic acids is 1. The Morgan fingerprint density at radius 3 is 2.23 bits per heavy atom. The van der Waals surface area contributed by atoms with Gasteiger partial charge in [-0.25, -0.2) is 4.79 Å². The summed E-state index contributed by atoms with van der Waals surface area (Å²) in [5.41, 5.74) is -3.72. The highest BCUT2D eigenvalue weighted by Gasteiger charge is 2.72. The van der Waals surface area contributed by atoms with Crippen LogP contribution in [0.2, 0.25) is 0 Å². The number of amides is 1. The van der Waals surface area contributed by atoms with E-state index in [1.165, 1.54) is 24.3 Å². The fourth-order valence-electron chi connectivity index (χ4n) is 4.25. The number of hydrogen-bond donors (Lipinski definition) is 3. The summed E-state index contributed by atoms with van der Waals surface area (Å²) in [7, 11) is 0. The number of rotatable bonds is 3. The fraction of sp³-hybridized carbons (Fsp3) is 0.211. The molecule has 7 nitrogen and oxygen atoms in total. The van der Waals surface area contributed by atoms with Crippen LogP contribution in [0.4, 0.5) is 0 Å². The minimum absolute atomic E-state index is 0.113. The minimum Gasteiger partial charge on any atom is -0.481 e. The third-order valence-electron chi connectivity index (χ3n) is 5.37. The normalized spacial score (nSPS) is 29.3. The van der Waals surface area contributed by atoms with E-state index in [9.17, 15) is 29.7 Å². The number of aliphatic carboxylic acids is 2. The van der Waals surface area contributed by atoms with E-state index < -0.39 is 41.4 Å². The van der Waals surface area contributed by atoms with Crippen LogP contribution in [0.3, 0.4) is 0 Å². The summed E-state index contributed by atoms with van der Waals surface area (Å²) in [5.74, 6) is -4.92. The van der Waals surface area contributed by atoms with Crippen LogP contribution < -0.4 is 0 Å². The van der Waals surface area contributed by atoms with E-state index in [1.54, 1.807) is 30.3 Å².